The summed E-state index contributed by atoms with van der Waals surface area (Å²) in [7, 11) is 0. The lowest BCUT2D eigenvalue weighted by Gasteiger charge is -2.41. The first kappa shape index (κ1) is 13.4. The average Bonchev–Trinajstić information content (AvgIpc) is 2.78. The molecule has 104 valence electrons. The van der Waals surface area contributed by atoms with Crippen molar-refractivity contribution in [3.05, 3.63) is 18.2 Å². The highest BCUT2D eigenvalue weighted by Crippen LogP contribution is 2.34. The smallest absolute Gasteiger partial charge is 0.315 e. The van der Waals surface area contributed by atoms with Crippen LogP contribution in [0.4, 0.5) is 4.79 Å². The molecule has 0 bridgehead atoms. The van der Waals surface area contributed by atoms with Crippen LogP contribution in [0.5, 0.6) is 0 Å². The van der Waals surface area contributed by atoms with Gasteiger partial charge in [-0.05, 0) is 26.2 Å². The fourth-order valence-corrected chi connectivity index (χ4v) is 2.30. The fourth-order valence-electron chi connectivity index (χ4n) is 2.30. The third kappa shape index (κ3) is 3.24. The van der Waals surface area contributed by atoms with Crippen LogP contribution in [-0.2, 0) is 4.79 Å². The van der Waals surface area contributed by atoms with Crippen molar-refractivity contribution in [2.75, 3.05) is 0 Å². The van der Waals surface area contributed by atoms with Gasteiger partial charge in [0.05, 0.1) is 18.0 Å². The third-order valence-corrected chi connectivity index (χ3v) is 3.46. The molecule has 0 radical (unpaired) electrons. The van der Waals surface area contributed by atoms with Crippen molar-refractivity contribution in [3.8, 4) is 0 Å². The number of aromatic amines is 1. The van der Waals surface area contributed by atoms with Gasteiger partial charge >= 0.3 is 12.0 Å². The Morgan fingerprint density at radius 3 is 2.79 bits per heavy atom. The molecule has 1 aromatic rings. The Labute approximate surface area is 110 Å². The summed E-state index contributed by atoms with van der Waals surface area (Å²) in [6.07, 6.45) is 5.63. The van der Waals surface area contributed by atoms with E-state index >= 15 is 0 Å². The van der Waals surface area contributed by atoms with Crippen LogP contribution in [-0.4, -0.2) is 32.6 Å². The van der Waals surface area contributed by atoms with Gasteiger partial charge in [0.1, 0.15) is 5.82 Å². The monoisotopic (exact) mass is 266 g/mol. The Morgan fingerprint density at radius 2 is 2.32 bits per heavy atom. The van der Waals surface area contributed by atoms with Crippen LogP contribution in [0.25, 0.3) is 0 Å². The fraction of sp³-hybridized carbons (Fsp3) is 0.583. The molecule has 2 amide bonds. The zero-order valence-electron chi connectivity index (χ0n) is 10.8. The largest absolute Gasteiger partial charge is 0.481 e. The summed E-state index contributed by atoms with van der Waals surface area (Å²) >= 11 is 0. The van der Waals surface area contributed by atoms with Gasteiger partial charge in [-0.15, -0.1) is 0 Å². The van der Waals surface area contributed by atoms with Crippen LogP contribution in [0.2, 0.25) is 0 Å². The second-order valence-corrected chi connectivity index (χ2v) is 5.00. The lowest BCUT2D eigenvalue weighted by atomic mass is 9.74. The number of carboxylic acids is 1. The second-order valence-electron chi connectivity index (χ2n) is 5.00. The summed E-state index contributed by atoms with van der Waals surface area (Å²) < 4.78 is 0. The number of carboxylic acid groups (broad SMARTS) is 1. The predicted molar refractivity (Wildman–Crippen MR) is 67.5 cm³/mol. The van der Waals surface area contributed by atoms with Gasteiger partial charge in [0, 0.05) is 12.4 Å². The molecule has 1 saturated carbocycles. The first-order valence-electron chi connectivity index (χ1n) is 6.30. The number of carbonyl (C=O) groups excluding carboxylic acids is 1. The van der Waals surface area contributed by atoms with E-state index < -0.39 is 11.5 Å². The molecule has 1 atom stereocenters. The Hall–Kier alpha value is -2.05. The third-order valence-electron chi connectivity index (χ3n) is 3.46. The van der Waals surface area contributed by atoms with E-state index in [1.165, 1.54) is 0 Å². The van der Waals surface area contributed by atoms with Crippen LogP contribution in [0.3, 0.4) is 0 Å². The number of H-pyrrole nitrogens is 1. The number of amides is 2. The molecular weight excluding hydrogens is 248 g/mol. The maximum absolute atomic E-state index is 11.9. The summed E-state index contributed by atoms with van der Waals surface area (Å²) in [5.74, 6) is -0.227. The molecule has 1 aromatic heterocycles. The summed E-state index contributed by atoms with van der Waals surface area (Å²) in [4.78, 5) is 29.7. The number of aromatic nitrogens is 2. The van der Waals surface area contributed by atoms with E-state index in [9.17, 15) is 9.59 Å². The SMILES string of the molecule is CC(NC(=O)NC1(CC(=O)O)CCC1)c1ncc[nH]1. The van der Waals surface area contributed by atoms with Gasteiger partial charge in [0.15, 0.2) is 0 Å². The molecule has 4 N–H and O–H groups in total. The molecule has 1 aliphatic carbocycles. The molecular formula is C12H18N4O3. The maximum atomic E-state index is 11.9. The van der Waals surface area contributed by atoms with Crippen LogP contribution in [0, 0.1) is 0 Å². The number of carbonyl (C=O) groups is 2. The molecule has 19 heavy (non-hydrogen) atoms. The number of nitrogens with zero attached hydrogens (tertiary/aromatic N) is 1. The van der Waals surface area contributed by atoms with Crippen molar-refractivity contribution in [2.24, 2.45) is 0 Å². The quantitative estimate of drug-likeness (QED) is 0.641. The minimum Gasteiger partial charge on any atom is -0.481 e. The molecule has 1 heterocycles. The zero-order chi connectivity index (χ0) is 13.9. The summed E-state index contributed by atoms with van der Waals surface area (Å²) in [5.41, 5.74) is -0.585. The molecule has 1 unspecified atom stereocenters. The minimum absolute atomic E-state index is 0.0322. The van der Waals surface area contributed by atoms with Gasteiger partial charge in [-0.3, -0.25) is 4.79 Å². The van der Waals surface area contributed by atoms with E-state index in [0.717, 1.165) is 6.42 Å². The lowest BCUT2D eigenvalue weighted by Crippen LogP contribution is -2.57. The first-order valence-corrected chi connectivity index (χ1v) is 6.30. The van der Waals surface area contributed by atoms with Gasteiger partial charge in [0.25, 0.3) is 0 Å². The Bertz CT molecular complexity index is 454. The van der Waals surface area contributed by atoms with Gasteiger partial charge in [-0.1, -0.05) is 0 Å². The summed E-state index contributed by atoms with van der Waals surface area (Å²) in [6.45, 7) is 1.81. The minimum atomic E-state index is -0.890. The van der Waals surface area contributed by atoms with Crippen molar-refractivity contribution in [2.45, 2.75) is 44.2 Å². The number of hydrogen-bond donors (Lipinski definition) is 4. The van der Waals surface area contributed by atoms with E-state index in [-0.39, 0.29) is 18.5 Å². The standard InChI is InChI=1S/C12H18N4O3/c1-8(10-13-5-6-14-10)15-11(19)16-12(3-2-4-12)7-9(17)18/h5-6,8H,2-4,7H2,1H3,(H,13,14)(H,17,18)(H2,15,16,19). The molecule has 2 rings (SSSR count). The number of nitrogens with one attached hydrogen (secondary N) is 3. The average molecular weight is 266 g/mol. The maximum Gasteiger partial charge on any atom is 0.315 e. The topological polar surface area (TPSA) is 107 Å². The number of aliphatic carboxylic acids is 1. The van der Waals surface area contributed by atoms with E-state index in [1.807, 2.05) is 6.92 Å². The number of hydrogen-bond acceptors (Lipinski definition) is 3. The Morgan fingerprint density at radius 1 is 1.58 bits per heavy atom. The van der Waals surface area contributed by atoms with E-state index in [2.05, 4.69) is 20.6 Å². The summed E-state index contributed by atoms with van der Waals surface area (Å²) in [5, 5.41) is 14.4. The summed E-state index contributed by atoms with van der Waals surface area (Å²) in [6, 6.07) is -0.609. The molecule has 1 aliphatic rings. The van der Waals surface area contributed by atoms with Crippen molar-refractivity contribution in [1.82, 2.24) is 20.6 Å². The van der Waals surface area contributed by atoms with Crippen LogP contribution < -0.4 is 10.6 Å². The lowest BCUT2D eigenvalue weighted by molar-refractivity contribution is -0.139. The molecule has 7 nitrogen and oxygen atoms in total. The van der Waals surface area contributed by atoms with Gasteiger partial charge in [-0.25, -0.2) is 9.78 Å². The van der Waals surface area contributed by atoms with Crippen LogP contribution >= 0.6 is 0 Å². The van der Waals surface area contributed by atoms with E-state index in [4.69, 9.17) is 5.11 Å². The number of imidazole rings is 1. The van der Waals surface area contributed by atoms with Gasteiger partial charge in [0.2, 0.25) is 0 Å². The highest BCUT2D eigenvalue weighted by Gasteiger charge is 2.40. The molecule has 7 heteroatoms. The highest BCUT2D eigenvalue weighted by molar-refractivity contribution is 5.77. The van der Waals surface area contributed by atoms with Crippen molar-refractivity contribution in [1.29, 1.82) is 0 Å². The number of rotatable bonds is 5. The van der Waals surface area contributed by atoms with Crippen molar-refractivity contribution in [3.63, 3.8) is 0 Å². The van der Waals surface area contributed by atoms with Crippen molar-refractivity contribution >= 4 is 12.0 Å². The van der Waals surface area contributed by atoms with Crippen molar-refractivity contribution < 1.29 is 14.7 Å². The normalized spacial score (nSPS) is 18.2. The highest BCUT2D eigenvalue weighted by atomic mass is 16.4. The van der Waals surface area contributed by atoms with Gasteiger partial charge in [-0.2, -0.15) is 0 Å². The molecule has 0 aromatic carbocycles. The van der Waals surface area contributed by atoms with Crippen LogP contribution in [0.15, 0.2) is 12.4 Å². The van der Waals surface area contributed by atoms with E-state index in [1.54, 1.807) is 12.4 Å². The second kappa shape index (κ2) is 5.29. The molecule has 0 saturated heterocycles. The molecule has 1 fully saturated rings. The number of urea groups is 1. The Kier molecular flexibility index (Phi) is 3.73. The Balaban J connectivity index is 1.88. The van der Waals surface area contributed by atoms with Gasteiger partial charge < -0.3 is 20.7 Å². The molecule has 0 spiro atoms. The zero-order valence-corrected chi connectivity index (χ0v) is 10.8. The predicted octanol–water partition coefficient (Wildman–Crippen LogP) is 1.17. The molecule has 0 aliphatic heterocycles. The van der Waals surface area contributed by atoms with E-state index in [0.29, 0.717) is 18.7 Å². The van der Waals surface area contributed by atoms with Crippen LogP contribution in [0.1, 0.15) is 44.5 Å². The first-order chi connectivity index (χ1) is 9.01.